The lowest BCUT2D eigenvalue weighted by Crippen LogP contribution is -2.45. The fraction of sp³-hybridized carbons (Fsp3) is 0.864. The lowest BCUT2D eigenvalue weighted by atomic mass is 10.0. The van der Waals surface area contributed by atoms with E-state index in [0.29, 0.717) is 25.9 Å². The number of esters is 1. The highest BCUT2D eigenvalue weighted by Crippen LogP contribution is 2.17. The van der Waals surface area contributed by atoms with Crippen molar-refractivity contribution < 1.29 is 24.5 Å². The van der Waals surface area contributed by atoms with E-state index < -0.39 is 12.1 Å². The molecule has 2 unspecified atom stereocenters. The van der Waals surface area contributed by atoms with Crippen LogP contribution >= 0.6 is 0 Å². The van der Waals surface area contributed by atoms with E-state index >= 15 is 0 Å². The van der Waals surface area contributed by atoms with Crippen LogP contribution in [0, 0.1) is 0 Å². The zero-order valence-corrected chi connectivity index (χ0v) is 43.5. The molecule has 1 amide bonds. The molecule has 0 saturated carbocycles. The summed E-state index contributed by atoms with van der Waals surface area (Å²) in [6.45, 7) is 4.90. The number of aliphatic hydroxyl groups is 2. The van der Waals surface area contributed by atoms with Crippen molar-refractivity contribution >= 4 is 11.9 Å². The van der Waals surface area contributed by atoms with E-state index in [2.05, 4.69) is 55.6 Å². The Labute approximate surface area is 404 Å². The number of ether oxygens (including phenoxy) is 1. The quantitative estimate of drug-likeness (QED) is 0.0244. The molecule has 65 heavy (non-hydrogen) atoms. The van der Waals surface area contributed by atoms with Crippen LogP contribution in [0.3, 0.4) is 0 Å². The van der Waals surface area contributed by atoms with Gasteiger partial charge in [-0.1, -0.05) is 243 Å². The first-order valence-electron chi connectivity index (χ1n) is 28.8. The molecule has 0 saturated heterocycles. The third-order valence-corrected chi connectivity index (χ3v) is 13.2. The van der Waals surface area contributed by atoms with Gasteiger partial charge in [-0.25, -0.2) is 0 Å². The van der Waals surface area contributed by atoms with Gasteiger partial charge in [0.1, 0.15) is 0 Å². The van der Waals surface area contributed by atoms with Gasteiger partial charge in [0.05, 0.1) is 25.4 Å². The van der Waals surface area contributed by atoms with Crippen LogP contribution in [-0.4, -0.2) is 47.4 Å². The third kappa shape index (κ3) is 51.3. The predicted molar refractivity (Wildman–Crippen MR) is 283 cm³/mol. The van der Waals surface area contributed by atoms with E-state index in [1.54, 1.807) is 0 Å². The first-order chi connectivity index (χ1) is 32.0. The number of carbonyl (C=O) groups excluding carboxylic acids is 2. The van der Waals surface area contributed by atoms with E-state index in [9.17, 15) is 19.8 Å². The Kier molecular flexibility index (Phi) is 53.1. The predicted octanol–water partition coefficient (Wildman–Crippen LogP) is 17.6. The average molecular weight is 915 g/mol. The normalized spacial score (nSPS) is 12.9. The minimum atomic E-state index is -0.679. The van der Waals surface area contributed by atoms with Gasteiger partial charge in [0.2, 0.25) is 5.91 Å². The molecule has 2 atom stereocenters. The lowest BCUT2D eigenvalue weighted by molar-refractivity contribution is -0.143. The molecule has 0 radical (unpaired) electrons. The molecule has 0 aliphatic rings. The van der Waals surface area contributed by atoms with Crippen molar-refractivity contribution in [3.63, 3.8) is 0 Å². The molecule has 3 N–H and O–H groups in total. The number of nitrogens with one attached hydrogen (secondary N) is 1. The second-order valence-corrected chi connectivity index (χ2v) is 19.6. The first-order valence-corrected chi connectivity index (χ1v) is 28.8. The molecule has 6 nitrogen and oxygen atoms in total. The summed E-state index contributed by atoms with van der Waals surface area (Å²) >= 11 is 0. The zero-order chi connectivity index (χ0) is 47.2. The van der Waals surface area contributed by atoms with E-state index in [-0.39, 0.29) is 18.5 Å². The van der Waals surface area contributed by atoms with Crippen LogP contribution in [0.25, 0.3) is 0 Å². The van der Waals surface area contributed by atoms with Crippen molar-refractivity contribution in [1.82, 2.24) is 5.32 Å². The zero-order valence-electron chi connectivity index (χ0n) is 43.5. The van der Waals surface area contributed by atoms with E-state index in [1.165, 1.54) is 193 Å². The van der Waals surface area contributed by atoms with Gasteiger partial charge in [0, 0.05) is 12.8 Å². The number of allylic oxidation sites excluding steroid dienone is 6. The van der Waals surface area contributed by atoms with Crippen molar-refractivity contribution in [3.05, 3.63) is 36.5 Å². The van der Waals surface area contributed by atoms with Crippen LogP contribution in [0.4, 0.5) is 0 Å². The minimum absolute atomic E-state index is 0.0250. The molecular weight excluding hydrogens is 803 g/mol. The number of amides is 1. The van der Waals surface area contributed by atoms with Crippen molar-refractivity contribution in [2.75, 3.05) is 13.2 Å². The van der Waals surface area contributed by atoms with Gasteiger partial charge >= 0.3 is 5.97 Å². The summed E-state index contributed by atoms with van der Waals surface area (Å²) in [7, 11) is 0. The molecule has 0 aliphatic heterocycles. The molecule has 0 heterocycles. The average Bonchev–Trinajstić information content (AvgIpc) is 3.31. The highest BCUT2D eigenvalue weighted by atomic mass is 16.5. The summed E-state index contributed by atoms with van der Waals surface area (Å²) in [4.78, 5) is 24.5. The number of rotatable bonds is 53. The maximum Gasteiger partial charge on any atom is 0.305 e. The smallest absolute Gasteiger partial charge is 0.305 e. The molecule has 0 aromatic heterocycles. The first kappa shape index (κ1) is 63.1. The van der Waals surface area contributed by atoms with E-state index in [0.717, 1.165) is 77.0 Å². The summed E-state index contributed by atoms with van der Waals surface area (Å²) in [6.07, 6.45) is 67.0. The summed E-state index contributed by atoms with van der Waals surface area (Å²) in [6, 6.07) is -0.559. The number of aliphatic hydroxyl groups excluding tert-OH is 2. The maximum absolute atomic E-state index is 12.5. The van der Waals surface area contributed by atoms with Gasteiger partial charge in [-0.2, -0.15) is 0 Å². The largest absolute Gasteiger partial charge is 0.466 e. The van der Waals surface area contributed by atoms with Crippen LogP contribution in [0.2, 0.25) is 0 Å². The molecule has 382 valence electrons. The van der Waals surface area contributed by atoms with Gasteiger partial charge < -0.3 is 20.3 Å². The number of unbranched alkanes of at least 4 members (excludes halogenated alkanes) is 37. The van der Waals surface area contributed by atoms with Crippen LogP contribution in [0.1, 0.15) is 303 Å². The second-order valence-electron chi connectivity index (χ2n) is 19.6. The molecular formula is C59H111NO5. The van der Waals surface area contributed by atoms with Crippen molar-refractivity contribution in [3.8, 4) is 0 Å². The van der Waals surface area contributed by atoms with Gasteiger partial charge in [-0.3, -0.25) is 9.59 Å². The third-order valence-electron chi connectivity index (χ3n) is 13.2. The monoisotopic (exact) mass is 914 g/mol. The Hall–Kier alpha value is -1.92. The molecule has 0 fully saturated rings. The molecule has 6 heteroatoms. The van der Waals surface area contributed by atoms with Crippen LogP contribution in [-0.2, 0) is 14.3 Å². The molecule has 0 bridgehead atoms. The van der Waals surface area contributed by atoms with Crippen LogP contribution in [0.5, 0.6) is 0 Å². The fourth-order valence-corrected chi connectivity index (χ4v) is 8.74. The molecule has 0 aliphatic carbocycles. The van der Waals surface area contributed by atoms with E-state index in [1.807, 2.05) is 0 Å². The number of hydrogen-bond acceptors (Lipinski definition) is 5. The van der Waals surface area contributed by atoms with Crippen molar-refractivity contribution in [2.45, 2.75) is 315 Å². The van der Waals surface area contributed by atoms with Crippen LogP contribution < -0.4 is 5.32 Å². The minimum Gasteiger partial charge on any atom is -0.466 e. The Morgan fingerprint density at radius 1 is 0.431 bits per heavy atom. The lowest BCUT2D eigenvalue weighted by Gasteiger charge is -2.22. The van der Waals surface area contributed by atoms with Gasteiger partial charge in [-0.05, 0) is 83.5 Å². The molecule has 0 rings (SSSR count). The summed E-state index contributed by atoms with van der Waals surface area (Å²) in [5.74, 6) is -0.0816. The number of hydrogen-bond donors (Lipinski definition) is 3. The molecule has 0 spiro atoms. The number of carbonyl (C=O) groups is 2. The maximum atomic E-state index is 12.5. The highest BCUT2D eigenvalue weighted by Gasteiger charge is 2.20. The fourth-order valence-electron chi connectivity index (χ4n) is 8.74. The summed E-state index contributed by atoms with van der Waals surface area (Å²) in [5, 5.41) is 23.3. The van der Waals surface area contributed by atoms with Crippen molar-refractivity contribution in [2.24, 2.45) is 0 Å². The topological polar surface area (TPSA) is 95.9 Å². The Morgan fingerprint density at radius 3 is 1.18 bits per heavy atom. The van der Waals surface area contributed by atoms with Gasteiger partial charge in [0.15, 0.2) is 0 Å². The van der Waals surface area contributed by atoms with E-state index in [4.69, 9.17) is 4.74 Å². The van der Waals surface area contributed by atoms with Gasteiger partial charge in [-0.15, -0.1) is 0 Å². The van der Waals surface area contributed by atoms with Crippen LogP contribution in [0.15, 0.2) is 36.5 Å². The summed E-state index contributed by atoms with van der Waals surface area (Å²) in [5.41, 5.74) is 0. The second kappa shape index (κ2) is 54.7. The van der Waals surface area contributed by atoms with Crippen molar-refractivity contribution in [1.29, 1.82) is 0 Å². The molecule has 0 aromatic carbocycles. The Balaban J connectivity index is 3.51. The molecule has 0 aromatic rings. The standard InChI is InChI=1S/C59H111NO5/c1-3-5-7-9-11-13-15-17-19-21-25-29-33-37-41-45-49-53-59(64)65-54-50-46-42-38-34-30-26-22-24-28-32-36-40-44-48-52-58(63)60-56(55-61)57(62)51-47-43-39-35-31-27-23-20-18-16-14-12-10-8-6-4-2/h17,19,22,26,30,34,56-57,61-62H,3-16,18,20-21,23-25,27-29,31-33,35-55H2,1-2H3,(H,60,63)/b19-17-,26-22-,34-30-. The Morgan fingerprint density at radius 2 is 0.769 bits per heavy atom. The highest BCUT2D eigenvalue weighted by molar-refractivity contribution is 5.76. The Bertz CT molecular complexity index is 1060. The van der Waals surface area contributed by atoms with Gasteiger partial charge in [0.25, 0.3) is 0 Å². The SMILES string of the molecule is CCCCCCCC/C=C\CCCCCCCCCC(=O)OCCCCC/C=C\C=C/CCCCCCCCC(=O)NC(CO)C(O)CCCCCCCCCCCCCCCCCC. The summed E-state index contributed by atoms with van der Waals surface area (Å²) < 4.78 is 5.45.